The van der Waals surface area contributed by atoms with Crippen molar-refractivity contribution in [1.29, 1.82) is 0 Å². The van der Waals surface area contributed by atoms with E-state index < -0.39 is 5.60 Å². The van der Waals surface area contributed by atoms with Gasteiger partial charge in [0.05, 0.1) is 14.2 Å². The Balaban J connectivity index is 1.84. The molecule has 1 unspecified atom stereocenters. The molecule has 2 aromatic rings. The van der Waals surface area contributed by atoms with E-state index in [9.17, 15) is 5.11 Å². The molecule has 1 aliphatic rings. The van der Waals surface area contributed by atoms with E-state index in [1.54, 1.807) is 14.2 Å². The van der Waals surface area contributed by atoms with Crippen LogP contribution in [0.5, 0.6) is 11.5 Å². The number of hydrogen-bond acceptors (Lipinski definition) is 4. The SMILES string of the molecule is COc1ccc(OC)c(C2(O)CCCN(Cc3ccccc3)C2)c1. The van der Waals surface area contributed by atoms with Gasteiger partial charge in [-0.1, -0.05) is 30.3 Å². The molecular formula is C20H25NO3. The minimum Gasteiger partial charge on any atom is -0.497 e. The summed E-state index contributed by atoms with van der Waals surface area (Å²) in [5.74, 6) is 1.44. The van der Waals surface area contributed by atoms with E-state index in [1.807, 2.05) is 24.3 Å². The van der Waals surface area contributed by atoms with E-state index >= 15 is 0 Å². The van der Waals surface area contributed by atoms with Gasteiger partial charge in [-0.15, -0.1) is 0 Å². The maximum absolute atomic E-state index is 11.3. The van der Waals surface area contributed by atoms with Crippen LogP contribution in [-0.4, -0.2) is 37.3 Å². The predicted molar refractivity (Wildman–Crippen MR) is 94.4 cm³/mol. The highest BCUT2D eigenvalue weighted by Gasteiger charge is 2.37. The van der Waals surface area contributed by atoms with Gasteiger partial charge >= 0.3 is 0 Å². The Morgan fingerprint density at radius 1 is 1.08 bits per heavy atom. The van der Waals surface area contributed by atoms with Crippen molar-refractivity contribution in [3.63, 3.8) is 0 Å². The highest BCUT2D eigenvalue weighted by Crippen LogP contribution is 2.39. The molecule has 1 aliphatic heterocycles. The Kier molecular flexibility index (Phi) is 5.07. The van der Waals surface area contributed by atoms with Crippen LogP contribution >= 0.6 is 0 Å². The molecule has 0 aromatic heterocycles. The number of piperidine rings is 1. The van der Waals surface area contributed by atoms with Gasteiger partial charge in [0.2, 0.25) is 0 Å². The molecule has 0 bridgehead atoms. The average molecular weight is 327 g/mol. The molecule has 128 valence electrons. The molecule has 24 heavy (non-hydrogen) atoms. The number of methoxy groups -OCH3 is 2. The van der Waals surface area contributed by atoms with E-state index in [0.29, 0.717) is 12.3 Å². The lowest BCUT2D eigenvalue weighted by molar-refractivity contribution is -0.0396. The number of aliphatic hydroxyl groups is 1. The maximum Gasteiger partial charge on any atom is 0.125 e. The van der Waals surface area contributed by atoms with Crippen molar-refractivity contribution in [2.45, 2.75) is 25.0 Å². The molecule has 3 rings (SSSR count). The lowest BCUT2D eigenvalue weighted by atomic mass is 9.84. The number of rotatable bonds is 5. The molecule has 4 nitrogen and oxygen atoms in total. The van der Waals surface area contributed by atoms with Crippen molar-refractivity contribution in [2.24, 2.45) is 0 Å². The summed E-state index contributed by atoms with van der Waals surface area (Å²) in [7, 11) is 3.28. The third-order valence-corrected chi connectivity index (χ3v) is 4.71. The van der Waals surface area contributed by atoms with Gasteiger partial charge in [-0.05, 0) is 43.1 Å². The van der Waals surface area contributed by atoms with Gasteiger partial charge in [-0.2, -0.15) is 0 Å². The first-order valence-corrected chi connectivity index (χ1v) is 8.36. The zero-order valence-electron chi connectivity index (χ0n) is 14.4. The number of hydrogen-bond donors (Lipinski definition) is 1. The second-order valence-corrected chi connectivity index (χ2v) is 6.40. The molecule has 1 fully saturated rings. The maximum atomic E-state index is 11.3. The van der Waals surface area contributed by atoms with Crippen LogP contribution in [0.3, 0.4) is 0 Å². The van der Waals surface area contributed by atoms with Crippen LogP contribution in [0.1, 0.15) is 24.0 Å². The van der Waals surface area contributed by atoms with E-state index in [-0.39, 0.29) is 0 Å². The number of benzene rings is 2. The third kappa shape index (κ3) is 3.55. The fourth-order valence-corrected chi connectivity index (χ4v) is 3.50. The number of β-amino-alcohol motifs (C(OH)–C–C–N with tert-alkyl or cyclic N) is 1. The molecule has 0 radical (unpaired) electrons. The summed E-state index contributed by atoms with van der Waals surface area (Å²) in [6.07, 6.45) is 1.67. The van der Waals surface area contributed by atoms with Gasteiger partial charge in [0.25, 0.3) is 0 Å². The standard InChI is InChI=1S/C20H25NO3/c1-23-17-9-10-19(24-2)18(13-17)20(22)11-6-12-21(15-20)14-16-7-4-3-5-8-16/h3-5,7-10,13,22H,6,11-12,14-15H2,1-2H3. The lowest BCUT2D eigenvalue weighted by Gasteiger charge is -2.40. The lowest BCUT2D eigenvalue weighted by Crippen LogP contribution is -2.45. The monoisotopic (exact) mass is 327 g/mol. The van der Waals surface area contributed by atoms with E-state index in [2.05, 4.69) is 29.2 Å². The Morgan fingerprint density at radius 2 is 1.88 bits per heavy atom. The number of likely N-dealkylation sites (tertiary alicyclic amines) is 1. The molecule has 4 heteroatoms. The summed E-state index contributed by atoms with van der Waals surface area (Å²) in [6, 6.07) is 16.0. The molecule has 1 heterocycles. The van der Waals surface area contributed by atoms with Crippen molar-refractivity contribution in [1.82, 2.24) is 4.90 Å². The molecule has 1 saturated heterocycles. The molecule has 2 aromatic carbocycles. The molecule has 0 saturated carbocycles. The second kappa shape index (κ2) is 7.24. The first kappa shape index (κ1) is 16.8. The van der Waals surface area contributed by atoms with Crippen LogP contribution in [0.15, 0.2) is 48.5 Å². The van der Waals surface area contributed by atoms with Crippen molar-refractivity contribution >= 4 is 0 Å². The first-order chi connectivity index (χ1) is 11.6. The summed E-state index contributed by atoms with van der Waals surface area (Å²) >= 11 is 0. The summed E-state index contributed by atoms with van der Waals surface area (Å²) in [5.41, 5.74) is 1.15. The van der Waals surface area contributed by atoms with Crippen LogP contribution in [0.4, 0.5) is 0 Å². The van der Waals surface area contributed by atoms with Crippen LogP contribution in [0, 0.1) is 0 Å². The van der Waals surface area contributed by atoms with Crippen LogP contribution in [0.2, 0.25) is 0 Å². The Bertz CT molecular complexity index is 674. The Morgan fingerprint density at radius 3 is 2.58 bits per heavy atom. The molecule has 1 atom stereocenters. The van der Waals surface area contributed by atoms with Crippen molar-refractivity contribution in [3.8, 4) is 11.5 Å². The van der Waals surface area contributed by atoms with E-state index in [1.165, 1.54) is 5.56 Å². The number of ether oxygens (including phenoxy) is 2. The van der Waals surface area contributed by atoms with E-state index in [0.717, 1.165) is 37.2 Å². The fourth-order valence-electron chi connectivity index (χ4n) is 3.50. The van der Waals surface area contributed by atoms with Crippen LogP contribution in [-0.2, 0) is 12.1 Å². The summed E-state index contributed by atoms with van der Waals surface area (Å²) < 4.78 is 10.8. The topological polar surface area (TPSA) is 41.9 Å². The van der Waals surface area contributed by atoms with Gasteiger partial charge in [-0.25, -0.2) is 0 Å². The minimum absolute atomic E-state index is 0.589. The van der Waals surface area contributed by atoms with Gasteiger partial charge in [0.15, 0.2) is 0 Å². The zero-order valence-corrected chi connectivity index (χ0v) is 14.4. The summed E-state index contributed by atoms with van der Waals surface area (Å²) in [6.45, 7) is 2.42. The first-order valence-electron chi connectivity index (χ1n) is 8.36. The third-order valence-electron chi connectivity index (χ3n) is 4.71. The quantitative estimate of drug-likeness (QED) is 0.916. The van der Waals surface area contributed by atoms with Gasteiger partial charge in [0.1, 0.15) is 17.1 Å². The minimum atomic E-state index is -0.924. The normalized spacial score (nSPS) is 21.5. The number of nitrogens with zero attached hydrogens (tertiary/aromatic N) is 1. The van der Waals surface area contributed by atoms with Gasteiger partial charge < -0.3 is 14.6 Å². The summed E-state index contributed by atoms with van der Waals surface area (Å²) in [5, 5.41) is 11.3. The molecular weight excluding hydrogens is 302 g/mol. The Labute approximate surface area is 143 Å². The van der Waals surface area contributed by atoms with Crippen molar-refractivity contribution in [3.05, 3.63) is 59.7 Å². The van der Waals surface area contributed by atoms with Crippen molar-refractivity contribution in [2.75, 3.05) is 27.3 Å². The molecule has 0 spiro atoms. The smallest absolute Gasteiger partial charge is 0.125 e. The highest BCUT2D eigenvalue weighted by atomic mass is 16.5. The van der Waals surface area contributed by atoms with Crippen molar-refractivity contribution < 1.29 is 14.6 Å². The average Bonchev–Trinajstić information content (AvgIpc) is 2.62. The Hall–Kier alpha value is -2.04. The predicted octanol–water partition coefficient (Wildman–Crippen LogP) is 3.19. The summed E-state index contributed by atoms with van der Waals surface area (Å²) in [4.78, 5) is 2.30. The second-order valence-electron chi connectivity index (χ2n) is 6.40. The van der Waals surface area contributed by atoms with E-state index in [4.69, 9.17) is 9.47 Å². The molecule has 1 N–H and O–H groups in total. The zero-order chi connectivity index (χ0) is 17.0. The molecule has 0 amide bonds. The van der Waals surface area contributed by atoms with Gasteiger partial charge in [-0.3, -0.25) is 4.90 Å². The fraction of sp³-hybridized carbons (Fsp3) is 0.400. The highest BCUT2D eigenvalue weighted by molar-refractivity contribution is 5.44. The van der Waals surface area contributed by atoms with Crippen LogP contribution in [0.25, 0.3) is 0 Å². The largest absolute Gasteiger partial charge is 0.497 e. The molecule has 0 aliphatic carbocycles. The van der Waals surface area contributed by atoms with Gasteiger partial charge in [0, 0.05) is 18.7 Å². The van der Waals surface area contributed by atoms with Crippen LogP contribution < -0.4 is 9.47 Å².